The quantitative estimate of drug-likeness (QED) is 0.704. The van der Waals surface area contributed by atoms with Crippen molar-refractivity contribution >= 4 is 18.7 Å². The number of rotatable bonds is 4. The molecule has 0 atom stereocenters. The van der Waals surface area contributed by atoms with Crippen molar-refractivity contribution < 1.29 is 5.11 Å². The van der Waals surface area contributed by atoms with Crippen LogP contribution >= 0.6 is 12.6 Å². The topological polar surface area (TPSA) is 20.2 Å². The van der Waals surface area contributed by atoms with E-state index in [1.54, 1.807) is 0 Å². The highest BCUT2D eigenvalue weighted by molar-refractivity contribution is 7.80. The molecular weight excluding hydrogens is 180 g/mol. The van der Waals surface area contributed by atoms with Crippen molar-refractivity contribution in [3.8, 4) is 0 Å². The van der Waals surface area contributed by atoms with Crippen molar-refractivity contribution in [2.75, 3.05) is 12.4 Å². The molecule has 2 heteroatoms. The largest absolute Gasteiger partial charge is 0.396 e. The van der Waals surface area contributed by atoms with Gasteiger partial charge in [-0.1, -0.05) is 36.4 Å². The summed E-state index contributed by atoms with van der Waals surface area (Å²) in [6, 6.07) is 8.17. The first kappa shape index (κ1) is 10.4. The Morgan fingerprint density at radius 2 is 1.92 bits per heavy atom. The zero-order chi connectivity index (χ0) is 9.52. The molecule has 0 saturated heterocycles. The first-order valence-corrected chi connectivity index (χ1v) is 4.97. The van der Waals surface area contributed by atoms with Gasteiger partial charge in [-0.15, -0.1) is 0 Å². The summed E-state index contributed by atoms with van der Waals surface area (Å²) >= 11 is 4.08. The van der Waals surface area contributed by atoms with Crippen LogP contribution in [0.3, 0.4) is 0 Å². The molecule has 0 aliphatic heterocycles. The van der Waals surface area contributed by atoms with E-state index in [0.717, 1.165) is 12.2 Å². The van der Waals surface area contributed by atoms with Gasteiger partial charge in [0.05, 0.1) is 0 Å². The molecule has 1 N–H and O–H groups in total. The van der Waals surface area contributed by atoms with Gasteiger partial charge >= 0.3 is 0 Å². The van der Waals surface area contributed by atoms with Crippen LogP contribution < -0.4 is 0 Å². The van der Waals surface area contributed by atoms with Crippen molar-refractivity contribution in [2.45, 2.75) is 6.42 Å². The van der Waals surface area contributed by atoms with Crippen LogP contribution in [0.2, 0.25) is 0 Å². The first-order valence-electron chi connectivity index (χ1n) is 4.34. The standard InChI is InChI=1S/C11H14OS/c12-8-7-11-5-3-10(4-6-11)2-1-9-13/h1-6,12-13H,7-9H2. The average molecular weight is 194 g/mol. The SMILES string of the molecule is OCCc1ccc(C=CCS)cc1. The lowest BCUT2D eigenvalue weighted by atomic mass is 10.1. The fourth-order valence-corrected chi connectivity index (χ4v) is 1.22. The maximum atomic E-state index is 8.71. The molecule has 1 rings (SSSR count). The summed E-state index contributed by atoms with van der Waals surface area (Å²) in [6.45, 7) is 0.214. The van der Waals surface area contributed by atoms with Gasteiger partial charge in [0.25, 0.3) is 0 Å². The molecule has 0 amide bonds. The van der Waals surface area contributed by atoms with Gasteiger partial charge in [0.15, 0.2) is 0 Å². The molecule has 0 unspecified atom stereocenters. The minimum absolute atomic E-state index is 0.214. The molecule has 0 heterocycles. The van der Waals surface area contributed by atoms with Gasteiger partial charge < -0.3 is 5.11 Å². The monoisotopic (exact) mass is 194 g/mol. The molecule has 0 spiro atoms. The second-order valence-corrected chi connectivity index (χ2v) is 3.17. The Morgan fingerprint density at radius 3 is 2.46 bits per heavy atom. The van der Waals surface area contributed by atoms with E-state index in [1.807, 2.05) is 36.4 Å². The van der Waals surface area contributed by atoms with Gasteiger partial charge in [0.2, 0.25) is 0 Å². The fraction of sp³-hybridized carbons (Fsp3) is 0.273. The lowest BCUT2D eigenvalue weighted by molar-refractivity contribution is 0.299. The van der Waals surface area contributed by atoms with Crippen molar-refractivity contribution in [2.24, 2.45) is 0 Å². The average Bonchev–Trinajstić information content (AvgIpc) is 2.17. The number of benzene rings is 1. The van der Waals surface area contributed by atoms with Gasteiger partial charge in [-0.3, -0.25) is 0 Å². The third-order valence-electron chi connectivity index (χ3n) is 1.80. The van der Waals surface area contributed by atoms with E-state index in [1.165, 1.54) is 11.1 Å². The minimum Gasteiger partial charge on any atom is -0.396 e. The fourth-order valence-electron chi connectivity index (χ4n) is 1.11. The third kappa shape index (κ3) is 3.66. The van der Waals surface area contributed by atoms with Gasteiger partial charge in [-0.2, -0.15) is 12.6 Å². The van der Waals surface area contributed by atoms with Crippen molar-refractivity contribution in [3.05, 3.63) is 41.5 Å². The van der Waals surface area contributed by atoms with Crippen LogP contribution in [-0.4, -0.2) is 17.5 Å². The molecule has 1 aromatic carbocycles. The van der Waals surface area contributed by atoms with E-state index in [0.29, 0.717) is 0 Å². The maximum Gasteiger partial charge on any atom is 0.0471 e. The molecule has 0 aliphatic rings. The molecule has 13 heavy (non-hydrogen) atoms. The van der Waals surface area contributed by atoms with E-state index in [2.05, 4.69) is 12.6 Å². The zero-order valence-corrected chi connectivity index (χ0v) is 8.37. The Bertz CT molecular complexity index is 264. The second-order valence-electron chi connectivity index (χ2n) is 2.80. The number of hydrogen-bond donors (Lipinski definition) is 2. The summed E-state index contributed by atoms with van der Waals surface area (Å²) in [6.07, 6.45) is 4.77. The van der Waals surface area contributed by atoms with Crippen molar-refractivity contribution in [1.82, 2.24) is 0 Å². The van der Waals surface area contributed by atoms with E-state index in [4.69, 9.17) is 5.11 Å². The molecule has 0 aromatic heterocycles. The Balaban J connectivity index is 2.64. The summed E-state index contributed by atoms with van der Waals surface area (Å²) in [4.78, 5) is 0. The van der Waals surface area contributed by atoms with E-state index < -0.39 is 0 Å². The molecule has 0 radical (unpaired) electrons. The van der Waals surface area contributed by atoms with Crippen LogP contribution in [0.25, 0.3) is 6.08 Å². The number of hydrogen-bond acceptors (Lipinski definition) is 2. The number of thiol groups is 1. The molecule has 0 aliphatic carbocycles. The molecule has 0 fully saturated rings. The highest BCUT2D eigenvalue weighted by Gasteiger charge is 1.90. The molecule has 70 valence electrons. The van der Waals surface area contributed by atoms with Crippen LogP contribution in [0.1, 0.15) is 11.1 Å². The Labute approximate surface area is 84.5 Å². The third-order valence-corrected chi connectivity index (χ3v) is 2.01. The molecule has 0 saturated carbocycles. The van der Waals surface area contributed by atoms with Crippen molar-refractivity contribution in [3.63, 3.8) is 0 Å². The smallest absolute Gasteiger partial charge is 0.0471 e. The number of aliphatic hydroxyl groups excluding tert-OH is 1. The second kappa shape index (κ2) is 5.84. The molecule has 1 aromatic rings. The normalized spacial score (nSPS) is 10.9. The highest BCUT2D eigenvalue weighted by Crippen LogP contribution is 2.06. The summed E-state index contributed by atoms with van der Waals surface area (Å²) in [5.41, 5.74) is 2.35. The van der Waals surface area contributed by atoms with Crippen LogP contribution in [-0.2, 0) is 6.42 Å². The molecular formula is C11H14OS. The van der Waals surface area contributed by atoms with Gasteiger partial charge in [-0.25, -0.2) is 0 Å². The van der Waals surface area contributed by atoms with Gasteiger partial charge in [-0.05, 0) is 17.5 Å². The van der Waals surface area contributed by atoms with E-state index >= 15 is 0 Å². The van der Waals surface area contributed by atoms with Crippen LogP contribution in [0.4, 0.5) is 0 Å². The lowest BCUT2D eigenvalue weighted by Crippen LogP contribution is -1.89. The Morgan fingerprint density at radius 1 is 1.23 bits per heavy atom. The molecule has 0 bridgehead atoms. The highest BCUT2D eigenvalue weighted by atomic mass is 32.1. The predicted molar refractivity (Wildman–Crippen MR) is 60.1 cm³/mol. The predicted octanol–water partition coefficient (Wildman–Crippen LogP) is 2.16. The lowest BCUT2D eigenvalue weighted by Gasteiger charge is -1.98. The first-order chi connectivity index (χ1) is 6.36. The van der Waals surface area contributed by atoms with Crippen LogP contribution in [0, 0.1) is 0 Å². The zero-order valence-electron chi connectivity index (χ0n) is 7.48. The van der Waals surface area contributed by atoms with Crippen molar-refractivity contribution in [1.29, 1.82) is 0 Å². The maximum absolute atomic E-state index is 8.71. The van der Waals surface area contributed by atoms with Gasteiger partial charge in [0, 0.05) is 12.4 Å². The van der Waals surface area contributed by atoms with Crippen LogP contribution in [0.15, 0.2) is 30.3 Å². The summed E-state index contributed by atoms with van der Waals surface area (Å²) in [7, 11) is 0. The Kier molecular flexibility index (Phi) is 4.65. The minimum atomic E-state index is 0.214. The van der Waals surface area contributed by atoms with Crippen LogP contribution in [0.5, 0.6) is 0 Å². The summed E-state index contributed by atoms with van der Waals surface area (Å²) in [5.74, 6) is 0.762. The Hall–Kier alpha value is -0.730. The van der Waals surface area contributed by atoms with Gasteiger partial charge in [0.1, 0.15) is 0 Å². The summed E-state index contributed by atoms with van der Waals surface area (Å²) < 4.78 is 0. The molecule has 1 nitrogen and oxygen atoms in total. The van der Waals surface area contributed by atoms with E-state index in [9.17, 15) is 0 Å². The van der Waals surface area contributed by atoms with E-state index in [-0.39, 0.29) is 6.61 Å². The number of aliphatic hydroxyl groups is 1. The summed E-state index contributed by atoms with van der Waals surface area (Å²) in [5, 5.41) is 8.71.